The summed E-state index contributed by atoms with van der Waals surface area (Å²) < 4.78 is 15.9. The number of halogens is 3. The minimum atomic E-state index is -0.602. The first-order valence-electron chi connectivity index (χ1n) is 11.9. The van der Waals surface area contributed by atoms with E-state index in [9.17, 15) is 14.0 Å². The third-order valence-electron chi connectivity index (χ3n) is 6.31. The first-order valence-corrected chi connectivity index (χ1v) is 12.7. The number of benzene rings is 2. The van der Waals surface area contributed by atoms with E-state index < -0.39 is 11.7 Å². The number of nitrogens with one attached hydrogen (secondary N) is 2. The van der Waals surface area contributed by atoms with Crippen LogP contribution in [-0.2, 0) is 0 Å². The van der Waals surface area contributed by atoms with Gasteiger partial charge in [0.25, 0.3) is 11.8 Å². The van der Waals surface area contributed by atoms with Gasteiger partial charge in [0.15, 0.2) is 5.69 Å². The van der Waals surface area contributed by atoms with E-state index in [-0.39, 0.29) is 56.4 Å². The number of rotatable bonds is 6. The van der Waals surface area contributed by atoms with E-state index in [1.54, 1.807) is 12.1 Å². The number of para-hydroxylation sites is 1. The summed E-state index contributed by atoms with van der Waals surface area (Å²) in [6.07, 6.45) is 3.76. The molecule has 1 aliphatic carbocycles. The molecule has 194 valence electrons. The largest absolute Gasteiger partial charge is 0.348 e. The molecule has 0 bridgehead atoms. The van der Waals surface area contributed by atoms with Crippen molar-refractivity contribution in [3.8, 4) is 16.9 Å². The van der Waals surface area contributed by atoms with Crippen molar-refractivity contribution in [1.29, 1.82) is 0 Å². The number of aromatic nitrogens is 3. The molecule has 38 heavy (non-hydrogen) atoms. The molecular formula is C27H23Cl2FN6O2. The number of hydrogen-bond donors (Lipinski definition) is 3. The lowest BCUT2D eigenvalue weighted by atomic mass is 10.1. The molecule has 2 amide bonds. The van der Waals surface area contributed by atoms with Crippen molar-refractivity contribution in [2.45, 2.75) is 31.3 Å². The van der Waals surface area contributed by atoms with Gasteiger partial charge in [-0.2, -0.15) is 5.10 Å². The highest BCUT2D eigenvalue weighted by molar-refractivity contribution is 6.38. The minimum Gasteiger partial charge on any atom is -0.348 e. The summed E-state index contributed by atoms with van der Waals surface area (Å²) in [5.41, 5.74) is 6.97. The molecule has 0 saturated heterocycles. The second-order valence-electron chi connectivity index (χ2n) is 9.01. The first-order chi connectivity index (χ1) is 18.3. The Bertz CT molecular complexity index is 1510. The SMILES string of the molecule is N[C@@H]1CC[C@@H](NC(=O)c2cc(NC(=O)c3cc(-c4ncccc4F)c(Cl)cc3Cl)n(-c3ccccc3)n2)C1. The van der Waals surface area contributed by atoms with Gasteiger partial charge in [0, 0.05) is 29.9 Å². The van der Waals surface area contributed by atoms with Crippen LogP contribution in [0.5, 0.6) is 0 Å². The summed E-state index contributed by atoms with van der Waals surface area (Å²) in [6, 6.07) is 16.0. The van der Waals surface area contributed by atoms with Gasteiger partial charge < -0.3 is 16.4 Å². The van der Waals surface area contributed by atoms with Crippen molar-refractivity contribution in [3.05, 3.63) is 94.0 Å². The molecule has 5 rings (SSSR count). The topological polar surface area (TPSA) is 115 Å². The monoisotopic (exact) mass is 552 g/mol. The molecule has 11 heteroatoms. The molecule has 1 saturated carbocycles. The Kier molecular flexibility index (Phi) is 7.42. The third-order valence-corrected chi connectivity index (χ3v) is 6.93. The zero-order valence-corrected chi connectivity index (χ0v) is 21.5. The van der Waals surface area contributed by atoms with Crippen molar-refractivity contribution in [3.63, 3.8) is 0 Å². The fraction of sp³-hybridized carbons (Fsp3) is 0.185. The average molecular weight is 553 g/mol. The van der Waals surface area contributed by atoms with Crippen LogP contribution in [0.1, 0.15) is 40.1 Å². The summed E-state index contributed by atoms with van der Waals surface area (Å²) in [5, 5.41) is 10.4. The molecular weight excluding hydrogens is 530 g/mol. The van der Waals surface area contributed by atoms with Crippen molar-refractivity contribution in [2.24, 2.45) is 5.73 Å². The zero-order chi connectivity index (χ0) is 26.8. The Morgan fingerprint density at radius 1 is 1.00 bits per heavy atom. The Morgan fingerprint density at radius 3 is 2.50 bits per heavy atom. The van der Waals surface area contributed by atoms with Crippen molar-refractivity contribution < 1.29 is 14.0 Å². The number of carbonyl (C=O) groups excluding carboxylic acids is 2. The highest BCUT2D eigenvalue weighted by Gasteiger charge is 2.26. The van der Waals surface area contributed by atoms with Crippen LogP contribution in [0.25, 0.3) is 16.9 Å². The number of carbonyl (C=O) groups is 2. The quantitative estimate of drug-likeness (QED) is 0.302. The molecule has 0 aliphatic heterocycles. The molecule has 8 nitrogen and oxygen atoms in total. The number of amides is 2. The molecule has 4 aromatic rings. The van der Waals surface area contributed by atoms with Gasteiger partial charge in [-0.05, 0) is 55.7 Å². The smallest absolute Gasteiger partial charge is 0.272 e. The van der Waals surface area contributed by atoms with E-state index in [0.29, 0.717) is 12.1 Å². The van der Waals surface area contributed by atoms with Gasteiger partial charge in [0.2, 0.25) is 0 Å². The third kappa shape index (κ3) is 5.40. The maximum Gasteiger partial charge on any atom is 0.272 e. The first kappa shape index (κ1) is 25.8. The fourth-order valence-electron chi connectivity index (χ4n) is 4.43. The number of pyridine rings is 1. The number of anilines is 1. The van der Waals surface area contributed by atoms with Gasteiger partial charge in [-0.3, -0.25) is 14.6 Å². The van der Waals surface area contributed by atoms with E-state index in [2.05, 4.69) is 20.7 Å². The normalized spacial score (nSPS) is 16.8. The van der Waals surface area contributed by atoms with Crippen LogP contribution in [0.3, 0.4) is 0 Å². The highest BCUT2D eigenvalue weighted by atomic mass is 35.5. The Morgan fingerprint density at radius 2 is 1.79 bits per heavy atom. The molecule has 0 unspecified atom stereocenters. The molecule has 2 aromatic carbocycles. The molecule has 4 N–H and O–H groups in total. The van der Waals surface area contributed by atoms with E-state index in [0.717, 1.165) is 12.8 Å². The van der Waals surface area contributed by atoms with Gasteiger partial charge >= 0.3 is 0 Å². The van der Waals surface area contributed by atoms with Crippen LogP contribution in [0, 0.1) is 5.82 Å². The summed E-state index contributed by atoms with van der Waals surface area (Å²) in [6.45, 7) is 0. The standard InChI is InChI=1S/C27H23Cl2FN6O2/c28-20-13-21(29)19(12-18(20)25-22(30)7-4-10-32-25)26(37)34-24-14-23(27(38)33-16-9-8-15(31)11-16)35-36(24)17-5-2-1-3-6-17/h1-7,10,12-16H,8-9,11,31H2,(H,33,38)(H,34,37)/t15-,16-/m1/s1. The van der Waals surface area contributed by atoms with E-state index in [1.165, 1.54) is 41.2 Å². The molecule has 2 aromatic heterocycles. The van der Waals surface area contributed by atoms with Gasteiger partial charge in [0.05, 0.1) is 21.3 Å². The molecule has 0 radical (unpaired) electrons. The van der Waals surface area contributed by atoms with Crippen LogP contribution in [-0.4, -0.2) is 38.7 Å². The second-order valence-corrected chi connectivity index (χ2v) is 9.82. The van der Waals surface area contributed by atoms with Gasteiger partial charge in [-0.15, -0.1) is 0 Å². The molecule has 1 aliphatic rings. The average Bonchev–Trinajstić information content (AvgIpc) is 3.51. The maximum atomic E-state index is 14.4. The Balaban J connectivity index is 1.47. The van der Waals surface area contributed by atoms with E-state index in [1.807, 2.05) is 18.2 Å². The number of nitrogens with zero attached hydrogens (tertiary/aromatic N) is 3. The van der Waals surface area contributed by atoms with E-state index >= 15 is 0 Å². The van der Waals surface area contributed by atoms with Crippen molar-refractivity contribution >= 4 is 40.8 Å². The number of nitrogens with two attached hydrogens (primary N) is 1. The fourth-order valence-corrected chi connectivity index (χ4v) is 4.98. The van der Waals surface area contributed by atoms with Gasteiger partial charge in [-0.1, -0.05) is 41.4 Å². The lowest BCUT2D eigenvalue weighted by Crippen LogP contribution is -2.34. The molecule has 2 heterocycles. The summed E-state index contributed by atoms with van der Waals surface area (Å²) in [5.74, 6) is -1.32. The molecule has 0 spiro atoms. The lowest BCUT2D eigenvalue weighted by Gasteiger charge is -2.12. The summed E-state index contributed by atoms with van der Waals surface area (Å²) in [7, 11) is 0. The van der Waals surface area contributed by atoms with E-state index in [4.69, 9.17) is 28.9 Å². The van der Waals surface area contributed by atoms with Crippen molar-refractivity contribution in [2.75, 3.05) is 5.32 Å². The highest BCUT2D eigenvalue weighted by Crippen LogP contribution is 2.33. The van der Waals surface area contributed by atoms with Crippen LogP contribution in [0.4, 0.5) is 10.2 Å². The summed E-state index contributed by atoms with van der Waals surface area (Å²) >= 11 is 12.7. The maximum absolute atomic E-state index is 14.4. The van der Waals surface area contributed by atoms with Crippen LogP contribution in [0.2, 0.25) is 10.0 Å². The Hall–Kier alpha value is -3.79. The van der Waals surface area contributed by atoms with Gasteiger partial charge in [0.1, 0.15) is 17.3 Å². The van der Waals surface area contributed by atoms with Crippen LogP contribution in [0.15, 0.2) is 66.9 Å². The molecule has 1 fully saturated rings. The van der Waals surface area contributed by atoms with Crippen molar-refractivity contribution in [1.82, 2.24) is 20.1 Å². The number of hydrogen-bond acceptors (Lipinski definition) is 5. The van der Waals surface area contributed by atoms with Gasteiger partial charge in [-0.25, -0.2) is 9.07 Å². The predicted octanol–water partition coefficient (Wildman–Crippen LogP) is 5.24. The minimum absolute atomic E-state index is 0.0110. The lowest BCUT2D eigenvalue weighted by molar-refractivity contribution is 0.0931. The van der Waals surface area contributed by atoms with Crippen LogP contribution < -0.4 is 16.4 Å². The van der Waals surface area contributed by atoms with Crippen LogP contribution >= 0.6 is 23.2 Å². The molecule has 2 atom stereocenters. The predicted molar refractivity (Wildman–Crippen MR) is 144 cm³/mol. The second kappa shape index (κ2) is 10.9. The Labute approximate surface area is 228 Å². The summed E-state index contributed by atoms with van der Waals surface area (Å²) in [4.78, 5) is 30.4. The zero-order valence-electron chi connectivity index (χ0n) is 20.0.